The lowest BCUT2D eigenvalue weighted by molar-refractivity contribution is -0.139. The van der Waals surface area contributed by atoms with Crippen molar-refractivity contribution in [2.45, 2.75) is 52.0 Å². The Morgan fingerprint density at radius 1 is 1.35 bits per heavy atom. The second-order valence-electron chi connectivity index (χ2n) is 5.84. The van der Waals surface area contributed by atoms with Gasteiger partial charge < -0.3 is 10.4 Å². The van der Waals surface area contributed by atoms with Crippen LogP contribution in [0.4, 0.5) is 0 Å². The second-order valence-corrected chi connectivity index (χ2v) is 5.84. The molecule has 1 aromatic heterocycles. The number of carboxylic acid groups (broad SMARTS) is 1. The van der Waals surface area contributed by atoms with Crippen LogP contribution in [0.25, 0.3) is 0 Å². The first-order valence-electron chi connectivity index (χ1n) is 6.76. The quantitative estimate of drug-likeness (QED) is 0.866. The smallest absolute Gasteiger partial charge is 0.326 e. The third-order valence-electron chi connectivity index (χ3n) is 3.04. The van der Waals surface area contributed by atoms with Gasteiger partial charge in [-0.25, -0.2) is 4.79 Å². The molecule has 0 aliphatic rings. The maximum atomic E-state index is 12.0. The molecule has 1 unspecified atom stereocenters. The van der Waals surface area contributed by atoms with E-state index in [0.29, 0.717) is 12.8 Å². The molecule has 1 aromatic rings. The summed E-state index contributed by atoms with van der Waals surface area (Å²) in [6.07, 6.45) is 2.75. The SMILES string of the molecule is CCCC(NC(=O)c1ccc(C(C)(C)C)cn1)C(=O)O. The van der Waals surface area contributed by atoms with E-state index >= 15 is 0 Å². The minimum absolute atomic E-state index is 0.0339. The summed E-state index contributed by atoms with van der Waals surface area (Å²) in [7, 11) is 0. The normalized spacial score (nSPS) is 12.8. The topological polar surface area (TPSA) is 79.3 Å². The number of aromatic nitrogens is 1. The van der Waals surface area contributed by atoms with Gasteiger partial charge in [0.05, 0.1) is 0 Å². The highest BCUT2D eigenvalue weighted by Crippen LogP contribution is 2.20. The van der Waals surface area contributed by atoms with E-state index in [4.69, 9.17) is 5.11 Å². The van der Waals surface area contributed by atoms with Crippen LogP contribution in [0.2, 0.25) is 0 Å². The zero-order valence-electron chi connectivity index (χ0n) is 12.4. The van der Waals surface area contributed by atoms with Gasteiger partial charge in [-0.3, -0.25) is 9.78 Å². The fraction of sp³-hybridized carbons (Fsp3) is 0.533. The number of carbonyl (C=O) groups excluding carboxylic acids is 1. The third-order valence-corrected chi connectivity index (χ3v) is 3.04. The third kappa shape index (κ3) is 4.33. The highest BCUT2D eigenvalue weighted by atomic mass is 16.4. The molecule has 1 atom stereocenters. The summed E-state index contributed by atoms with van der Waals surface area (Å²) in [6.45, 7) is 8.06. The highest BCUT2D eigenvalue weighted by molar-refractivity contribution is 5.94. The van der Waals surface area contributed by atoms with Crippen LogP contribution in [-0.2, 0) is 10.2 Å². The van der Waals surface area contributed by atoms with Crippen molar-refractivity contribution >= 4 is 11.9 Å². The Balaban J connectivity index is 2.80. The summed E-state index contributed by atoms with van der Waals surface area (Å²) in [5, 5.41) is 11.5. The summed E-state index contributed by atoms with van der Waals surface area (Å²) >= 11 is 0. The van der Waals surface area contributed by atoms with Crippen LogP contribution in [0.3, 0.4) is 0 Å². The average molecular weight is 278 g/mol. The molecule has 1 heterocycles. The Morgan fingerprint density at radius 3 is 2.40 bits per heavy atom. The van der Waals surface area contributed by atoms with Crippen LogP contribution in [-0.4, -0.2) is 28.0 Å². The van der Waals surface area contributed by atoms with Gasteiger partial charge in [0, 0.05) is 6.20 Å². The van der Waals surface area contributed by atoms with Gasteiger partial charge in [0.1, 0.15) is 11.7 Å². The molecule has 0 aromatic carbocycles. The van der Waals surface area contributed by atoms with Gasteiger partial charge in [0.15, 0.2) is 0 Å². The molecule has 0 bridgehead atoms. The van der Waals surface area contributed by atoms with Crippen molar-refractivity contribution in [3.63, 3.8) is 0 Å². The molecule has 0 spiro atoms. The monoisotopic (exact) mass is 278 g/mol. The van der Waals surface area contributed by atoms with Gasteiger partial charge in [-0.1, -0.05) is 40.2 Å². The molecule has 0 saturated heterocycles. The minimum atomic E-state index is -1.02. The Kier molecular flexibility index (Phi) is 5.25. The molecular weight excluding hydrogens is 256 g/mol. The molecule has 1 rings (SSSR count). The highest BCUT2D eigenvalue weighted by Gasteiger charge is 2.21. The van der Waals surface area contributed by atoms with Crippen LogP contribution < -0.4 is 5.32 Å². The lowest BCUT2D eigenvalue weighted by Crippen LogP contribution is -2.41. The van der Waals surface area contributed by atoms with E-state index in [1.165, 1.54) is 0 Å². The molecule has 0 aliphatic carbocycles. The summed E-state index contributed by atoms with van der Waals surface area (Å²) in [6, 6.07) is 2.61. The summed E-state index contributed by atoms with van der Waals surface area (Å²) in [4.78, 5) is 27.1. The molecule has 1 amide bonds. The maximum absolute atomic E-state index is 12.0. The molecule has 0 radical (unpaired) electrons. The van der Waals surface area contributed by atoms with Crippen molar-refractivity contribution in [1.82, 2.24) is 10.3 Å². The first-order chi connectivity index (χ1) is 9.25. The molecule has 2 N–H and O–H groups in total. The molecule has 5 nitrogen and oxygen atoms in total. The van der Waals surface area contributed by atoms with Crippen LogP contribution in [0.15, 0.2) is 18.3 Å². The zero-order chi connectivity index (χ0) is 15.3. The van der Waals surface area contributed by atoms with Gasteiger partial charge in [-0.15, -0.1) is 0 Å². The van der Waals surface area contributed by atoms with Gasteiger partial charge in [-0.05, 0) is 23.5 Å². The average Bonchev–Trinajstić information content (AvgIpc) is 2.37. The summed E-state index contributed by atoms with van der Waals surface area (Å²) in [5.41, 5.74) is 1.23. The predicted molar refractivity (Wildman–Crippen MR) is 76.7 cm³/mol. The van der Waals surface area contributed by atoms with Gasteiger partial charge in [-0.2, -0.15) is 0 Å². The zero-order valence-corrected chi connectivity index (χ0v) is 12.4. The van der Waals surface area contributed by atoms with Gasteiger partial charge >= 0.3 is 5.97 Å². The first kappa shape index (κ1) is 16.1. The Labute approximate surface area is 119 Å². The minimum Gasteiger partial charge on any atom is -0.480 e. The van der Waals surface area contributed by atoms with Crippen molar-refractivity contribution < 1.29 is 14.7 Å². The molecule has 0 aliphatic heterocycles. The molecule has 110 valence electrons. The number of carboxylic acids is 1. The van der Waals surface area contributed by atoms with Gasteiger partial charge in [0.25, 0.3) is 5.91 Å². The second kappa shape index (κ2) is 6.50. The van der Waals surface area contributed by atoms with Crippen molar-refractivity contribution in [2.75, 3.05) is 0 Å². The molecule has 0 fully saturated rings. The van der Waals surface area contributed by atoms with E-state index in [1.807, 2.05) is 13.0 Å². The Hall–Kier alpha value is -1.91. The fourth-order valence-electron chi connectivity index (χ4n) is 1.75. The van der Waals surface area contributed by atoms with Crippen LogP contribution in [0, 0.1) is 0 Å². The number of nitrogens with zero attached hydrogens (tertiary/aromatic N) is 1. The number of nitrogens with one attached hydrogen (secondary N) is 1. The van der Waals surface area contributed by atoms with Crippen molar-refractivity contribution in [1.29, 1.82) is 0 Å². The van der Waals surface area contributed by atoms with Crippen molar-refractivity contribution in [3.8, 4) is 0 Å². The van der Waals surface area contributed by atoms with Crippen LogP contribution in [0.5, 0.6) is 0 Å². The fourth-order valence-corrected chi connectivity index (χ4v) is 1.75. The predicted octanol–water partition coefficient (Wildman–Crippen LogP) is 2.36. The maximum Gasteiger partial charge on any atom is 0.326 e. The number of carbonyl (C=O) groups is 2. The lowest BCUT2D eigenvalue weighted by atomic mass is 9.88. The van der Waals surface area contributed by atoms with Crippen LogP contribution in [0.1, 0.15) is 56.6 Å². The molecule has 5 heteroatoms. The molecular formula is C15H22N2O3. The van der Waals surface area contributed by atoms with E-state index in [1.54, 1.807) is 12.3 Å². The first-order valence-corrected chi connectivity index (χ1v) is 6.76. The van der Waals surface area contributed by atoms with E-state index in [-0.39, 0.29) is 11.1 Å². The molecule has 20 heavy (non-hydrogen) atoms. The summed E-state index contributed by atoms with van der Waals surface area (Å²) < 4.78 is 0. The summed E-state index contributed by atoms with van der Waals surface area (Å²) in [5.74, 6) is -1.47. The number of hydrogen-bond acceptors (Lipinski definition) is 3. The number of aliphatic carboxylic acids is 1. The van der Waals surface area contributed by atoms with Crippen molar-refractivity contribution in [2.24, 2.45) is 0 Å². The number of rotatable bonds is 5. The number of hydrogen-bond donors (Lipinski definition) is 2. The lowest BCUT2D eigenvalue weighted by Gasteiger charge is -2.18. The van der Waals surface area contributed by atoms with Crippen LogP contribution >= 0.6 is 0 Å². The molecule has 0 saturated carbocycles. The van der Waals surface area contributed by atoms with Gasteiger partial charge in [0.2, 0.25) is 0 Å². The largest absolute Gasteiger partial charge is 0.480 e. The van der Waals surface area contributed by atoms with E-state index in [0.717, 1.165) is 5.56 Å². The standard InChI is InChI=1S/C15H22N2O3/c1-5-6-12(14(19)20)17-13(18)11-8-7-10(9-16-11)15(2,3)4/h7-9,12H,5-6H2,1-4H3,(H,17,18)(H,19,20). The number of amides is 1. The van der Waals surface area contributed by atoms with E-state index in [9.17, 15) is 9.59 Å². The number of pyridine rings is 1. The van der Waals surface area contributed by atoms with Crippen molar-refractivity contribution in [3.05, 3.63) is 29.6 Å². The van der Waals surface area contributed by atoms with E-state index in [2.05, 4.69) is 31.1 Å². The Morgan fingerprint density at radius 2 is 2.00 bits per heavy atom. The van der Waals surface area contributed by atoms with E-state index < -0.39 is 17.9 Å². The Bertz CT molecular complexity index is 475.